The Kier molecular flexibility index (Phi) is 9.28. The second-order valence-corrected chi connectivity index (χ2v) is 4.85. The van der Waals surface area contributed by atoms with Gasteiger partial charge in [0.05, 0.1) is 0 Å². The van der Waals surface area contributed by atoms with Crippen molar-refractivity contribution in [1.82, 2.24) is 16.0 Å². The fraction of sp³-hybridized carbons (Fsp3) is 0.846. The minimum absolute atomic E-state index is 0.0431. The third kappa shape index (κ3) is 10.1. The van der Waals surface area contributed by atoms with Crippen LogP contribution >= 0.6 is 0 Å². The predicted octanol–water partition coefficient (Wildman–Crippen LogP) is 0.796. The predicted molar refractivity (Wildman–Crippen MR) is 73.3 cm³/mol. The first-order valence-corrected chi connectivity index (χ1v) is 6.75. The summed E-state index contributed by atoms with van der Waals surface area (Å²) < 4.78 is 0. The quantitative estimate of drug-likeness (QED) is 0.535. The molecule has 0 aliphatic rings. The number of carbonyl (C=O) groups excluding carboxylic acids is 2. The van der Waals surface area contributed by atoms with E-state index in [0.717, 1.165) is 6.42 Å². The number of amides is 2. The van der Waals surface area contributed by atoms with E-state index in [-0.39, 0.29) is 23.9 Å². The lowest BCUT2D eigenvalue weighted by atomic mass is 10.2. The van der Waals surface area contributed by atoms with Crippen molar-refractivity contribution in [2.75, 3.05) is 13.1 Å². The first-order valence-electron chi connectivity index (χ1n) is 6.75. The molecule has 0 saturated heterocycles. The van der Waals surface area contributed by atoms with Gasteiger partial charge in [-0.25, -0.2) is 0 Å². The number of hydrogen-bond donors (Lipinski definition) is 3. The van der Waals surface area contributed by atoms with Crippen LogP contribution in [0.1, 0.15) is 47.0 Å². The molecule has 106 valence electrons. The summed E-state index contributed by atoms with van der Waals surface area (Å²) in [5.74, 6) is 0.102. The number of carbonyl (C=O) groups is 2. The van der Waals surface area contributed by atoms with Gasteiger partial charge in [0.25, 0.3) is 0 Å². The maximum Gasteiger partial charge on any atom is 0.221 e. The summed E-state index contributed by atoms with van der Waals surface area (Å²) in [6.07, 6.45) is 1.84. The van der Waals surface area contributed by atoms with Gasteiger partial charge in [-0.1, -0.05) is 6.92 Å². The lowest BCUT2D eigenvalue weighted by Crippen LogP contribution is -2.35. The molecule has 2 amide bonds. The Hall–Kier alpha value is -1.10. The number of rotatable bonds is 9. The average Bonchev–Trinajstić information content (AvgIpc) is 2.27. The molecule has 0 bridgehead atoms. The van der Waals surface area contributed by atoms with Crippen LogP contribution in [0.4, 0.5) is 0 Å². The summed E-state index contributed by atoms with van der Waals surface area (Å²) in [6, 6.07) is 0.410. The van der Waals surface area contributed by atoms with Crippen molar-refractivity contribution < 1.29 is 9.59 Å². The largest absolute Gasteiger partial charge is 0.354 e. The molecule has 0 aromatic heterocycles. The summed E-state index contributed by atoms with van der Waals surface area (Å²) in [4.78, 5) is 22.7. The van der Waals surface area contributed by atoms with E-state index in [9.17, 15) is 9.59 Å². The molecule has 0 aliphatic carbocycles. The zero-order valence-electron chi connectivity index (χ0n) is 12.0. The Bertz CT molecular complexity index is 255. The fourth-order valence-corrected chi connectivity index (χ4v) is 1.37. The Morgan fingerprint density at radius 1 is 0.944 bits per heavy atom. The van der Waals surface area contributed by atoms with Gasteiger partial charge in [-0.15, -0.1) is 0 Å². The minimum Gasteiger partial charge on any atom is -0.354 e. The average molecular weight is 257 g/mol. The fourth-order valence-electron chi connectivity index (χ4n) is 1.37. The molecule has 0 fully saturated rings. The number of nitrogens with one attached hydrogen (secondary N) is 3. The summed E-state index contributed by atoms with van der Waals surface area (Å²) in [7, 11) is 0. The van der Waals surface area contributed by atoms with Crippen LogP contribution in [0, 0.1) is 0 Å². The standard InChI is InChI=1S/C13H27N3O2/c1-5-11(4)16-13(18)7-9-14-8-6-12(17)15-10(2)3/h10-11,14H,5-9H2,1-4H3,(H,15,17)(H,16,18). The molecule has 0 radical (unpaired) electrons. The van der Waals surface area contributed by atoms with E-state index in [0.29, 0.717) is 25.9 Å². The van der Waals surface area contributed by atoms with Gasteiger partial charge >= 0.3 is 0 Å². The van der Waals surface area contributed by atoms with E-state index in [4.69, 9.17) is 0 Å². The zero-order valence-corrected chi connectivity index (χ0v) is 12.0. The van der Waals surface area contributed by atoms with Gasteiger partial charge in [-0.3, -0.25) is 9.59 Å². The van der Waals surface area contributed by atoms with Crippen LogP contribution in [-0.2, 0) is 9.59 Å². The molecule has 18 heavy (non-hydrogen) atoms. The van der Waals surface area contributed by atoms with Crippen LogP contribution in [0.25, 0.3) is 0 Å². The normalized spacial score (nSPS) is 12.3. The highest BCUT2D eigenvalue weighted by molar-refractivity contribution is 5.77. The lowest BCUT2D eigenvalue weighted by Gasteiger charge is -2.11. The van der Waals surface area contributed by atoms with Crippen LogP contribution in [0.15, 0.2) is 0 Å². The SMILES string of the molecule is CCC(C)NC(=O)CCNCCC(=O)NC(C)C. The third-order valence-electron chi connectivity index (χ3n) is 2.53. The van der Waals surface area contributed by atoms with Crippen LogP contribution < -0.4 is 16.0 Å². The second-order valence-electron chi connectivity index (χ2n) is 4.85. The lowest BCUT2D eigenvalue weighted by molar-refractivity contribution is -0.122. The van der Waals surface area contributed by atoms with Crippen molar-refractivity contribution >= 4 is 11.8 Å². The molecule has 0 heterocycles. The van der Waals surface area contributed by atoms with Gasteiger partial charge in [-0.2, -0.15) is 0 Å². The van der Waals surface area contributed by atoms with E-state index < -0.39 is 0 Å². The Balaban J connectivity index is 3.45. The smallest absolute Gasteiger partial charge is 0.221 e. The van der Waals surface area contributed by atoms with E-state index in [1.165, 1.54) is 0 Å². The van der Waals surface area contributed by atoms with Crippen molar-refractivity contribution in [3.05, 3.63) is 0 Å². The molecule has 1 atom stereocenters. The molecule has 5 nitrogen and oxygen atoms in total. The first-order chi connectivity index (χ1) is 8.45. The highest BCUT2D eigenvalue weighted by atomic mass is 16.2. The molecule has 0 aliphatic heterocycles. The van der Waals surface area contributed by atoms with Crippen molar-refractivity contribution in [2.45, 2.75) is 59.0 Å². The van der Waals surface area contributed by atoms with E-state index in [1.807, 2.05) is 27.7 Å². The Morgan fingerprint density at radius 3 is 1.89 bits per heavy atom. The maximum atomic E-state index is 11.4. The van der Waals surface area contributed by atoms with Gasteiger partial charge in [0.1, 0.15) is 0 Å². The number of hydrogen-bond acceptors (Lipinski definition) is 3. The molecule has 0 aromatic carbocycles. The van der Waals surface area contributed by atoms with E-state index >= 15 is 0 Å². The van der Waals surface area contributed by atoms with Gasteiger partial charge in [0, 0.05) is 38.0 Å². The third-order valence-corrected chi connectivity index (χ3v) is 2.53. The molecule has 5 heteroatoms. The minimum atomic E-state index is 0.0431. The molecule has 0 saturated carbocycles. The highest BCUT2D eigenvalue weighted by Crippen LogP contribution is 1.89. The van der Waals surface area contributed by atoms with Crippen molar-refractivity contribution in [3.63, 3.8) is 0 Å². The van der Waals surface area contributed by atoms with Crippen LogP contribution in [0.3, 0.4) is 0 Å². The molecule has 0 spiro atoms. The van der Waals surface area contributed by atoms with Crippen molar-refractivity contribution in [3.8, 4) is 0 Å². The van der Waals surface area contributed by atoms with Gasteiger partial charge in [0.15, 0.2) is 0 Å². The van der Waals surface area contributed by atoms with Crippen molar-refractivity contribution in [2.24, 2.45) is 0 Å². The van der Waals surface area contributed by atoms with Gasteiger partial charge in [-0.05, 0) is 27.2 Å². The summed E-state index contributed by atoms with van der Waals surface area (Å²) in [6.45, 7) is 9.11. The summed E-state index contributed by atoms with van der Waals surface area (Å²) >= 11 is 0. The maximum absolute atomic E-state index is 11.4. The van der Waals surface area contributed by atoms with E-state index in [2.05, 4.69) is 16.0 Å². The zero-order chi connectivity index (χ0) is 14.0. The highest BCUT2D eigenvalue weighted by Gasteiger charge is 2.05. The summed E-state index contributed by atoms with van der Waals surface area (Å²) in [5.41, 5.74) is 0. The monoisotopic (exact) mass is 257 g/mol. The first kappa shape index (κ1) is 16.9. The van der Waals surface area contributed by atoms with Crippen LogP contribution in [-0.4, -0.2) is 37.0 Å². The molecule has 0 aromatic rings. The van der Waals surface area contributed by atoms with Crippen LogP contribution in [0.2, 0.25) is 0 Å². The molecular weight excluding hydrogens is 230 g/mol. The Labute approximate surface area is 110 Å². The molecule has 0 rings (SSSR count). The van der Waals surface area contributed by atoms with Crippen molar-refractivity contribution in [1.29, 1.82) is 0 Å². The Morgan fingerprint density at radius 2 is 1.44 bits per heavy atom. The topological polar surface area (TPSA) is 70.2 Å². The molecule has 1 unspecified atom stereocenters. The molecular formula is C13H27N3O2. The molecule has 3 N–H and O–H groups in total. The van der Waals surface area contributed by atoms with Gasteiger partial charge in [0.2, 0.25) is 11.8 Å². The summed E-state index contributed by atoms with van der Waals surface area (Å²) in [5, 5.41) is 8.81. The second kappa shape index (κ2) is 9.88. The van der Waals surface area contributed by atoms with E-state index in [1.54, 1.807) is 0 Å². The van der Waals surface area contributed by atoms with Gasteiger partial charge < -0.3 is 16.0 Å². The van der Waals surface area contributed by atoms with Crippen LogP contribution in [0.5, 0.6) is 0 Å².